The maximum Gasteiger partial charge on any atom is 0.289 e. The van der Waals surface area contributed by atoms with E-state index in [1.165, 1.54) is 12.1 Å². The van der Waals surface area contributed by atoms with Crippen molar-refractivity contribution in [2.75, 3.05) is 25.5 Å². The van der Waals surface area contributed by atoms with Crippen LogP contribution in [-0.2, 0) is 14.8 Å². The lowest BCUT2D eigenvalue weighted by molar-refractivity contribution is -0.387. The Bertz CT molecular complexity index is 601. The van der Waals surface area contributed by atoms with Crippen LogP contribution in [0.1, 0.15) is 13.8 Å². The van der Waals surface area contributed by atoms with Gasteiger partial charge in [-0.25, -0.2) is 13.1 Å². The summed E-state index contributed by atoms with van der Waals surface area (Å²) in [5.74, 6) is 0. The summed E-state index contributed by atoms with van der Waals surface area (Å²) in [5.41, 5.74) is 0.00526. The monoisotopic (exact) mass is 317 g/mol. The van der Waals surface area contributed by atoms with Crippen molar-refractivity contribution in [1.82, 2.24) is 4.72 Å². The van der Waals surface area contributed by atoms with E-state index in [9.17, 15) is 18.5 Å². The molecule has 118 valence electrons. The molecule has 1 aromatic carbocycles. The first kappa shape index (κ1) is 17.3. The van der Waals surface area contributed by atoms with E-state index in [1.807, 2.05) is 13.8 Å². The van der Waals surface area contributed by atoms with Crippen LogP contribution in [0.3, 0.4) is 0 Å². The van der Waals surface area contributed by atoms with Gasteiger partial charge in [-0.05, 0) is 26.0 Å². The van der Waals surface area contributed by atoms with E-state index in [1.54, 1.807) is 7.05 Å². The van der Waals surface area contributed by atoms with Gasteiger partial charge in [-0.15, -0.1) is 0 Å². The number of hydrogen-bond acceptors (Lipinski definition) is 6. The van der Waals surface area contributed by atoms with Gasteiger partial charge in [-0.1, -0.05) is 0 Å². The Hall–Kier alpha value is -1.71. The summed E-state index contributed by atoms with van der Waals surface area (Å²) in [4.78, 5) is 9.86. The maximum absolute atomic E-state index is 12.2. The molecule has 0 aliphatic heterocycles. The van der Waals surface area contributed by atoms with Crippen molar-refractivity contribution in [2.45, 2.75) is 24.8 Å². The number of hydrogen-bond donors (Lipinski definition) is 2. The van der Waals surface area contributed by atoms with Crippen LogP contribution in [0.15, 0.2) is 23.1 Å². The molecule has 0 bridgehead atoms. The molecule has 1 rings (SSSR count). The predicted molar refractivity (Wildman–Crippen MR) is 78.9 cm³/mol. The molecule has 0 fully saturated rings. The lowest BCUT2D eigenvalue weighted by Crippen LogP contribution is -2.28. The predicted octanol–water partition coefficient (Wildman–Crippen LogP) is 1.34. The number of anilines is 1. The smallest absolute Gasteiger partial charge is 0.289 e. The Morgan fingerprint density at radius 3 is 2.57 bits per heavy atom. The molecule has 0 unspecified atom stereocenters. The fourth-order valence-corrected chi connectivity index (χ4v) is 2.79. The van der Waals surface area contributed by atoms with Crippen molar-refractivity contribution in [2.24, 2.45) is 0 Å². The number of ether oxygens (including phenoxy) is 1. The van der Waals surface area contributed by atoms with E-state index in [0.717, 1.165) is 6.07 Å². The van der Waals surface area contributed by atoms with Crippen molar-refractivity contribution < 1.29 is 18.1 Å². The van der Waals surface area contributed by atoms with Gasteiger partial charge in [0, 0.05) is 25.3 Å². The Kier molecular flexibility index (Phi) is 6.06. The zero-order valence-corrected chi connectivity index (χ0v) is 12.9. The van der Waals surface area contributed by atoms with E-state index in [-0.39, 0.29) is 24.2 Å². The average Bonchev–Trinajstić information content (AvgIpc) is 2.42. The van der Waals surface area contributed by atoms with Crippen molar-refractivity contribution in [3.8, 4) is 0 Å². The first-order valence-corrected chi connectivity index (χ1v) is 7.83. The number of nitro groups is 1. The van der Waals surface area contributed by atoms with Crippen molar-refractivity contribution >= 4 is 21.4 Å². The van der Waals surface area contributed by atoms with Crippen LogP contribution in [0.5, 0.6) is 0 Å². The van der Waals surface area contributed by atoms with E-state index in [0.29, 0.717) is 5.69 Å². The van der Waals surface area contributed by atoms with Gasteiger partial charge in [0.1, 0.15) is 0 Å². The lowest BCUT2D eigenvalue weighted by Gasteiger charge is -2.10. The van der Waals surface area contributed by atoms with Crippen molar-refractivity contribution in [1.29, 1.82) is 0 Å². The fraction of sp³-hybridized carbons (Fsp3) is 0.500. The Morgan fingerprint density at radius 2 is 2.05 bits per heavy atom. The second kappa shape index (κ2) is 7.34. The third kappa shape index (κ3) is 4.96. The summed E-state index contributed by atoms with van der Waals surface area (Å²) in [6, 6.07) is 3.83. The zero-order chi connectivity index (χ0) is 16.0. The molecular formula is C12H19N3O5S. The lowest BCUT2D eigenvalue weighted by atomic mass is 10.3. The molecule has 8 nitrogen and oxygen atoms in total. The van der Waals surface area contributed by atoms with Crippen molar-refractivity contribution in [3.05, 3.63) is 28.3 Å². The molecule has 0 saturated carbocycles. The van der Waals surface area contributed by atoms with Gasteiger partial charge in [0.25, 0.3) is 5.69 Å². The minimum Gasteiger partial charge on any atom is -0.388 e. The molecule has 2 N–H and O–H groups in total. The third-order valence-electron chi connectivity index (χ3n) is 2.58. The van der Waals surface area contributed by atoms with E-state index in [4.69, 9.17) is 4.74 Å². The van der Waals surface area contributed by atoms with Gasteiger partial charge in [-0.2, -0.15) is 0 Å². The summed E-state index contributed by atoms with van der Waals surface area (Å²) in [5, 5.41) is 13.7. The summed E-state index contributed by atoms with van der Waals surface area (Å²) in [7, 11) is -2.38. The molecule has 0 heterocycles. The summed E-state index contributed by atoms with van der Waals surface area (Å²) in [6.45, 7) is 3.89. The molecule has 0 saturated heterocycles. The highest BCUT2D eigenvalue weighted by Gasteiger charge is 2.25. The van der Waals surface area contributed by atoms with Gasteiger partial charge in [-0.3, -0.25) is 10.1 Å². The number of nitrogens with one attached hydrogen (secondary N) is 2. The number of rotatable bonds is 8. The minimum atomic E-state index is -3.98. The molecule has 1 aromatic rings. The number of benzene rings is 1. The van der Waals surface area contributed by atoms with Crippen LogP contribution >= 0.6 is 0 Å². The van der Waals surface area contributed by atoms with Gasteiger partial charge < -0.3 is 10.1 Å². The Labute approximate surface area is 123 Å². The van der Waals surface area contributed by atoms with Crippen LogP contribution in [0, 0.1) is 10.1 Å². The number of sulfonamides is 1. The van der Waals surface area contributed by atoms with Gasteiger partial charge in [0.15, 0.2) is 4.90 Å². The molecule has 0 atom stereocenters. The molecule has 21 heavy (non-hydrogen) atoms. The normalized spacial score (nSPS) is 11.6. The molecular weight excluding hydrogens is 298 g/mol. The molecule has 0 amide bonds. The maximum atomic E-state index is 12.2. The first-order valence-electron chi connectivity index (χ1n) is 6.35. The van der Waals surface area contributed by atoms with Crippen LogP contribution in [0.4, 0.5) is 11.4 Å². The summed E-state index contributed by atoms with van der Waals surface area (Å²) < 4.78 is 31.9. The highest BCUT2D eigenvalue weighted by molar-refractivity contribution is 7.89. The van der Waals surface area contributed by atoms with Crippen LogP contribution in [0.2, 0.25) is 0 Å². The highest BCUT2D eigenvalue weighted by atomic mass is 32.2. The second-order valence-electron chi connectivity index (χ2n) is 4.51. The van der Waals surface area contributed by atoms with Crippen molar-refractivity contribution in [3.63, 3.8) is 0 Å². The summed E-state index contributed by atoms with van der Waals surface area (Å²) >= 11 is 0. The van der Waals surface area contributed by atoms with Crippen LogP contribution in [0.25, 0.3) is 0 Å². The molecule has 0 radical (unpaired) electrons. The largest absolute Gasteiger partial charge is 0.388 e. The molecule has 0 aliphatic rings. The quantitative estimate of drug-likeness (QED) is 0.425. The van der Waals surface area contributed by atoms with Gasteiger partial charge in [0.05, 0.1) is 17.6 Å². The SMILES string of the molecule is CNc1ccc([N+](=O)[O-])c(S(=O)(=O)NCCOC(C)C)c1. The minimum absolute atomic E-state index is 0.0172. The first-order chi connectivity index (χ1) is 9.77. The van der Waals surface area contributed by atoms with Crippen LogP contribution < -0.4 is 10.0 Å². The second-order valence-corrected chi connectivity index (χ2v) is 6.24. The van der Waals surface area contributed by atoms with Gasteiger partial charge >= 0.3 is 0 Å². The molecule has 0 aliphatic carbocycles. The summed E-state index contributed by atoms with van der Waals surface area (Å²) in [6.07, 6.45) is -0.0172. The van der Waals surface area contributed by atoms with E-state index < -0.39 is 20.6 Å². The zero-order valence-electron chi connectivity index (χ0n) is 12.1. The molecule has 0 spiro atoms. The Balaban J connectivity index is 2.97. The number of nitro benzene ring substituents is 1. The van der Waals surface area contributed by atoms with Gasteiger partial charge in [0.2, 0.25) is 10.0 Å². The van der Waals surface area contributed by atoms with E-state index >= 15 is 0 Å². The number of nitrogens with zero attached hydrogens (tertiary/aromatic N) is 1. The average molecular weight is 317 g/mol. The fourth-order valence-electron chi connectivity index (χ4n) is 1.58. The topological polar surface area (TPSA) is 111 Å². The Morgan fingerprint density at radius 1 is 1.38 bits per heavy atom. The van der Waals surface area contributed by atoms with E-state index in [2.05, 4.69) is 10.0 Å². The highest BCUT2D eigenvalue weighted by Crippen LogP contribution is 2.26. The van der Waals surface area contributed by atoms with Crippen LogP contribution in [-0.4, -0.2) is 39.6 Å². The molecule has 0 aromatic heterocycles. The molecule has 9 heteroatoms. The third-order valence-corrected chi connectivity index (χ3v) is 4.07. The standard InChI is InChI=1S/C12H19N3O5S/c1-9(2)20-7-6-14-21(18,19)12-8-10(13-3)4-5-11(12)15(16)17/h4-5,8-9,13-14H,6-7H2,1-3H3.